The van der Waals surface area contributed by atoms with E-state index in [1.807, 2.05) is 38.8 Å². The number of aldehydes is 1. The molecule has 0 aliphatic rings. The Morgan fingerprint density at radius 2 is 1.82 bits per heavy atom. The largest absolute Gasteiger partial charge is 0.508 e. The fourth-order valence-corrected chi connectivity index (χ4v) is 2.62. The summed E-state index contributed by atoms with van der Waals surface area (Å²) in [6.07, 6.45) is 2.41. The van der Waals surface area contributed by atoms with Gasteiger partial charge in [-0.2, -0.15) is 0 Å². The van der Waals surface area contributed by atoms with E-state index in [1.54, 1.807) is 19.2 Å². The summed E-state index contributed by atoms with van der Waals surface area (Å²) in [7, 11) is 1.59. The lowest BCUT2D eigenvalue weighted by Gasteiger charge is -2.01. The predicted octanol–water partition coefficient (Wildman–Crippen LogP) is 4.27. The van der Waals surface area contributed by atoms with E-state index in [-0.39, 0.29) is 11.7 Å². The topological polar surface area (TPSA) is 122 Å². The number of pyridine rings is 1. The minimum absolute atomic E-state index is 0.00292. The first kappa shape index (κ1) is 29.7. The summed E-state index contributed by atoms with van der Waals surface area (Å²) >= 11 is 5.65. The molecule has 1 heterocycles. The van der Waals surface area contributed by atoms with Gasteiger partial charge >= 0.3 is 0 Å². The standard InChI is InChI=1S/C11H12N2.C7H7ClO.C6H11NO2.CH2O/c1-8-2-4-10-5-3-9(7-12)6-11(10)13-8;1-5-2-3-6(9)4-7(5)8;1-7-6(9)4-2-3-5-8;1-2/h2-6H,7,12H2,1H3;2-4,9H,1H3;5H,2-4H2,1H3,(H,7,9);1H2. The molecular weight excluding hydrogens is 442 g/mol. The van der Waals surface area contributed by atoms with Gasteiger partial charge in [0.1, 0.15) is 18.8 Å². The lowest BCUT2D eigenvalue weighted by Crippen LogP contribution is -2.16. The molecular formula is C25H32ClN3O4. The molecule has 0 aliphatic carbocycles. The molecule has 0 atom stereocenters. The van der Waals surface area contributed by atoms with E-state index < -0.39 is 0 Å². The molecule has 0 fully saturated rings. The molecule has 1 amide bonds. The third kappa shape index (κ3) is 12.4. The number of carbonyl (C=O) groups excluding carboxylic acids is 3. The zero-order chi connectivity index (χ0) is 25.2. The lowest BCUT2D eigenvalue weighted by atomic mass is 10.1. The fourth-order valence-electron chi connectivity index (χ4n) is 2.44. The highest BCUT2D eigenvalue weighted by molar-refractivity contribution is 6.31. The summed E-state index contributed by atoms with van der Waals surface area (Å²) in [6, 6.07) is 15.2. The molecule has 0 saturated carbocycles. The van der Waals surface area contributed by atoms with Crippen molar-refractivity contribution in [2.45, 2.75) is 39.7 Å². The van der Waals surface area contributed by atoms with Crippen LogP contribution in [0.4, 0.5) is 0 Å². The van der Waals surface area contributed by atoms with Crippen molar-refractivity contribution in [3.8, 4) is 5.75 Å². The quantitative estimate of drug-likeness (QED) is 0.375. The van der Waals surface area contributed by atoms with Crippen molar-refractivity contribution >= 4 is 41.5 Å². The maximum Gasteiger partial charge on any atom is 0.219 e. The number of carbonyl (C=O) groups is 3. The maximum atomic E-state index is 10.5. The number of halogens is 1. The number of nitrogens with two attached hydrogens (primary N) is 1. The summed E-state index contributed by atoms with van der Waals surface area (Å²) in [6.45, 7) is 6.46. The van der Waals surface area contributed by atoms with Gasteiger partial charge in [0, 0.05) is 42.5 Å². The number of phenols is 1. The fraction of sp³-hybridized carbons (Fsp3) is 0.280. The van der Waals surface area contributed by atoms with Gasteiger partial charge < -0.3 is 25.7 Å². The highest BCUT2D eigenvalue weighted by atomic mass is 35.5. The average molecular weight is 474 g/mol. The summed E-state index contributed by atoms with van der Waals surface area (Å²) < 4.78 is 0. The molecule has 0 unspecified atom stereocenters. The summed E-state index contributed by atoms with van der Waals surface area (Å²) in [5.74, 6) is 0.211. The number of unbranched alkanes of at least 4 members (excludes halogenated alkanes) is 1. The molecule has 3 aromatic rings. The van der Waals surface area contributed by atoms with Gasteiger partial charge in [-0.1, -0.05) is 35.9 Å². The summed E-state index contributed by atoms with van der Waals surface area (Å²) in [5.41, 5.74) is 9.74. The molecule has 0 aliphatic heterocycles. The minimum Gasteiger partial charge on any atom is -0.508 e. The van der Waals surface area contributed by atoms with Crippen LogP contribution in [-0.2, 0) is 20.9 Å². The molecule has 8 heteroatoms. The minimum atomic E-state index is -0.00292. The number of rotatable bonds is 5. The number of nitrogens with one attached hydrogen (secondary N) is 1. The number of nitrogens with zero attached hydrogens (tertiary/aromatic N) is 1. The van der Waals surface area contributed by atoms with Gasteiger partial charge in [0.2, 0.25) is 5.91 Å². The monoisotopic (exact) mass is 473 g/mol. The van der Waals surface area contributed by atoms with E-state index in [4.69, 9.17) is 27.2 Å². The number of hydrogen-bond acceptors (Lipinski definition) is 6. The van der Waals surface area contributed by atoms with E-state index in [1.165, 1.54) is 11.5 Å². The van der Waals surface area contributed by atoms with Gasteiger partial charge in [-0.25, -0.2) is 0 Å². The number of aromatic nitrogens is 1. The molecule has 0 bridgehead atoms. The molecule has 1 aromatic heterocycles. The van der Waals surface area contributed by atoms with Crippen LogP contribution in [0, 0.1) is 13.8 Å². The van der Waals surface area contributed by atoms with Crippen molar-refractivity contribution in [3.63, 3.8) is 0 Å². The SMILES string of the molecule is C=O.CNC(=O)CCCC=O.Cc1ccc(O)cc1Cl.Cc1ccc2ccc(CN)cc2n1. The third-order valence-corrected chi connectivity index (χ3v) is 4.70. The van der Waals surface area contributed by atoms with Crippen LogP contribution >= 0.6 is 11.6 Å². The van der Waals surface area contributed by atoms with Crippen LogP contribution in [0.15, 0.2) is 48.5 Å². The van der Waals surface area contributed by atoms with Gasteiger partial charge in [0.15, 0.2) is 0 Å². The second-order valence-corrected chi connectivity index (χ2v) is 7.26. The van der Waals surface area contributed by atoms with Gasteiger partial charge in [-0.05, 0) is 55.7 Å². The Kier molecular flexibility index (Phi) is 15.6. The van der Waals surface area contributed by atoms with E-state index in [2.05, 4.69) is 22.4 Å². The lowest BCUT2D eigenvalue weighted by molar-refractivity contribution is -0.120. The Bertz CT molecular complexity index is 1010. The Hall–Kier alpha value is -3.29. The third-order valence-electron chi connectivity index (χ3n) is 4.29. The molecule has 178 valence electrons. The number of phenolic OH excluding ortho intramolecular Hbond substituents is 1. The molecule has 0 saturated heterocycles. The van der Waals surface area contributed by atoms with Crippen molar-refractivity contribution in [1.82, 2.24) is 10.3 Å². The smallest absolute Gasteiger partial charge is 0.219 e. The second kappa shape index (κ2) is 17.3. The zero-order valence-corrected chi connectivity index (χ0v) is 20.1. The second-order valence-electron chi connectivity index (χ2n) is 6.85. The van der Waals surface area contributed by atoms with E-state index in [0.29, 0.717) is 30.8 Å². The van der Waals surface area contributed by atoms with E-state index in [9.17, 15) is 9.59 Å². The molecule has 0 spiro atoms. The Morgan fingerprint density at radius 3 is 2.36 bits per heavy atom. The normalized spacial score (nSPS) is 9.24. The van der Waals surface area contributed by atoms with Gasteiger partial charge in [-0.3, -0.25) is 9.78 Å². The highest BCUT2D eigenvalue weighted by Gasteiger charge is 1.96. The van der Waals surface area contributed by atoms with Crippen molar-refractivity contribution in [2.24, 2.45) is 5.73 Å². The van der Waals surface area contributed by atoms with Crippen LogP contribution in [0.5, 0.6) is 5.75 Å². The molecule has 4 N–H and O–H groups in total. The Balaban J connectivity index is 0.000000461. The van der Waals surface area contributed by atoms with Crippen LogP contribution in [0.1, 0.15) is 36.1 Å². The number of hydrogen-bond donors (Lipinski definition) is 3. The first-order valence-corrected chi connectivity index (χ1v) is 10.6. The van der Waals surface area contributed by atoms with E-state index in [0.717, 1.165) is 28.6 Å². The van der Waals surface area contributed by atoms with Crippen molar-refractivity contribution in [2.75, 3.05) is 7.05 Å². The van der Waals surface area contributed by atoms with E-state index >= 15 is 0 Å². The van der Waals surface area contributed by atoms with Crippen molar-refractivity contribution in [3.05, 3.63) is 70.4 Å². The van der Waals surface area contributed by atoms with Crippen LogP contribution in [0.3, 0.4) is 0 Å². The first-order chi connectivity index (χ1) is 15.8. The van der Waals surface area contributed by atoms with Crippen LogP contribution < -0.4 is 11.1 Å². The van der Waals surface area contributed by atoms with Crippen molar-refractivity contribution in [1.29, 1.82) is 0 Å². The average Bonchev–Trinajstić information content (AvgIpc) is 2.83. The summed E-state index contributed by atoms with van der Waals surface area (Å²) in [5, 5.41) is 13.1. The Labute approximate surface area is 200 Å². The molecule has 7 nitrogen and oxygen atoms in total. The predicted molar refractivity (Wildman–Crippen MR) is 133 cm³/mol. The van der Waals surface area contributed by atoms with Crippen LogP contribution in [-0.4, -0.2) is 36.1 Å². The number of aryl methyl sites for hydroxylation is 2. The van der Waals surface area contributed by atoms with Crippen LogP contribution in [0.2, 0.25) is 5.02 Å². The molecule has 33 heavy (non-hydrogen) atoms. The maximum absolute atomic E-state index is 10.5. The first-order valence-electron chi connectivity index (χ1n) is 10.2. The molecule has 2 aromatic carbocycles. The summed E-state index contributed by atoms with van der Waals surface area (Å²) in [4.78, 5) is 32.6. The van der Waals surface area contributed by atoms with Crippen LogP contribution in [0.25, 0.3) is 10.9 Å². The van der Waals surface area contributed by atoms with Gasteiger partial charge in [0.25, 0.3) is 0 Å². The highest BCUT2D eigenvalue weighted by Crippen LogP contribution is 2.19. The number of amides is 1. The van der Waals surface area contributed by atoms with Gasteiger partial charge in [0.05, 0.1) is 5.52 Å². The van der Waals surface area contributed by atoms with Gasteiger partial charge in [-0.15, -0.1) is 0 Å². The number of fused-ring (bicyclic) bond motifs is 1. The zero-order valence-electron chi connectivity index (χ0n) is 19.3. The molecule has 3 rings (SSSR count). The Morgan fingerprint density at radius 1 is 1.15 bits per heavy atom. The number of benzene rings is 2. The molecule has 0 radical (unpaired) electrons. The number of aromatic hydroxyl groups is 1. The van der Waals surface area contributed by atoms with Crippen molar-refractivity contribution < 1.29 is 19.5 Å².